The number of carbonyl (C=O) groups is 1. The van der Waals surface area contributed by atoms with Gasteiger partial charge in [-0.1, -0.05) is 0 Å². The number of nitriles is 1. The highest BCUT2D eigenvalue weighted by atomic mass is 16.3. The lowest BCUT2D eigenvalue weighted by Crippen LogP contribution is -2.15. The fourth-order valence-corrected chi connectivity index (χ4v) is 2.46. The van der Waals surface area contributed by atoms with E-state index in [0.29, 0.717) is 33.8 Å². The number of aryl methyl sites for hydroxylation is 1. The van der Waals surface area contributed by atoms with Crippen molar-refractivity contribution in [2.24, 2.45) is 0 Å². The topological polar surface area (TPSA) is 129 Å². The maximum Gasteiger partial charge on any atom is 0.274 e. The molecule has 0 aliphatic carbocycles. The van der Waals surface area contributed by atoms with Gasteiger partial charge in [0.1, 0.15) is 5.69 Å². The number of furan rings is 1. The monoisotopic (exact) mass is 345 g/mol. The van der Waals surface area contributed by atoms with Crippen LogP contribution in [0.2, 0.25) is 0 Å². The minimum absolute atomic E-state index is 0.143. The lowest BCUT2D eigenvalue weighted by Gasteiger charge is -2.10. The molecule has 1 amide bonds. The van der Waals surface area contributed by atoms with E-state index >= 15 is 0 Å². The number of hydrogen-bond acceptors (Lipinski definition) is 6. The van der Waals surface area contributed by atoms with Crippen molar-refractivity contribution < 1.29 is 9.21 Å². The van der Waals surface area contributed by atoms with Crippen molar-refractivity contribution >= 4 is 23.0 Å². The van der Waals surface area contributed by atoms with Crippen LogP contribution in [0, 0.1) is 23.7 Å². The number of amides is 1. The Bertz CT molecular complexity index is 1030. The Morgan fingerprint density at radius 2 is 2.12 bits per heavy atom. The third-order valence-electron chi connectivity index (χ3n) is 3.71. The molecule has 128 valence electrons. The molecular weight excluding hydrogens is 330 g/mol. The van der Waals surface area contributed by atoms with Crippen LogP contribution in [-0.4, -0.2) is 16.6 Å². The standard InChI is InChI=1S/C19H15N5O2/c1-11-6-12(9-20)7-17(23-11)19(25)24-14-2-3-16(21)15(8-14)18(22)13-4-5-26-10-13/h2-8,10,22H,21H2,1H3,(H,24,25). The van der Waals surface area contributed by atoms with Crippen molar-refractivity contribution in [2.45, 2.75) is 6.92 Å². The molecule has 0 aliphatic rings. The summed E-state index contributed by atoms with van der Waals surface area (Å²) in [6.45, 7) is 1.71. The van der Waals surface area contributed by atoms with Gasteiger partial charge in [0.05, 0.1) is 29.9 Å². The van der Waals surface area contributed by atoms with Gasteiger partial charge in [0.15, 0.2) is 0 Å². The van der Waals surface area contributed by atoms with Gasteiger partial charge in [-0.15, -0.1) is 0 Å². The highest BCUT2D eigenvalue weighted by Crippen LogP contribution is 2.22. The average Bonchev–Trinajstić information content (AvgIpc) is 3.16. The smallest absolute Gasteiger partial charge is 0.274 e. The number of rotatable bonds is 4. The van der Waals surface area contributed by atoms with Crippen LogP contribution >= 0.6 is 0 Å². The van der Waals surface area contributed by atoms with E-state index in [-0.39, 0.29) is 11.4 Å². The Kier molecular flexibility index (Phi) is 4.50. The Hall–Kier alpha value is -3.92. The molecule has 0 saturated heterocycles. The second kappa shape index (κ2) is 6.91. The molecule has 2 heterocycles. The molecule has 0 atom stereocenters. The van der Waals surface area contributed by atoms with Crippen LogP contribution in [-0.2, 0) is 0 Å². The van der Waals surface area contributed by atoms with Gasteiger partial charge >= 0.3 is 0 Å². The molecule has 3 aromatic rings. The Morgan fingerprint density at radius 1 is 1.31 bits per heavy atom. The van der Waals surface area contributed by atoms with E-state index in [4.69, 9.17) is 20.8 Å². The summed E-state index contributed by atoms with van der Waals surface area (Å²) in [5.74, 6) is -0.448. The summed E-state index contributed by atoms with van der Waals surface area (Å²) in [5, 5.41) is 20.0. The number of nitrogen functional groups attached to an aromatic ring is 1. The zero-order chi connectivity index (χ0) is 18.7. The number of nitrogens with one attached hydrogen (secondary N) is 2. The number of aromatic nitrogens is 1. The number of benzene rings is 1. The van der Waals surface area contributed by atoms with Gasteiger partial charge in [-0.2, -0.15) is 5.26 Å². The minimum Gasteiger partial charge on any atom is -0.472 e. The van der Waals surface area contributed by atoms with Crippen LogP contribution in [0.1, 0.15) is 32.9 Å². The highest BCUT2D eigenvalue weighted by Gasteiger charge is 2.14. The molecule has 2 aromatic heterocycles. The summed E-state index contributed by atoms with van der Waals surface area (Å²) in [6, 6.07) is 11.6. The first-order valence-corrected chi connectivity index (χ1v) is 7.69. The summed E-state index contributed by atoms with van der Waals surface area (Å²) in [6.07, 6.45) is 2.93. The van der Waals surface area contributed by atoms with Gasteiger partial charge in [0.25, 0.3) is 5.91 Å². The molecule has 4 N–H and O–H groups in total. The summed E-state index contributed by atoms with van der Waals surface area (Å²) < 4.78 is 5.00. The number of hydrogen-bond donors (Lipinski definition) is 3. The molecular formula is C19H15N5O2. The average molecular weight is 345 g/mol. The maximum absolute atomic E-state index is 12.4. The van der Waals surface area contributed by atoms with Crippen molar-refractivity contribution in [3.63, 3.8) is 0 Å². The Balaban J connectivity index is 1.88. The molecule has 0 saturated carbocycles. The van der Waals surface area contributed by atoms with Crippen molar-refractivity contribution in [1.29, 1.82) is 10.7 Å². The Morgan fingerprint density at radius 3 is 2.81 bits per heavy atom. The normalized spacial score (nSPS) is 10.2. The molecule has 0 radical (unpaired) electrons. The number of carbonyl (C=O) groups excluding carboxylic acids is 1. The van der Waals surface area contributed by atoms with Crippen LogP contribution in [0.25, 0.3) is 0 Å². The van der Waals surface area contributed by atoms with E-state index in [1.54, 1.807) is 37.3 Å². The zero-order valence-electron chi connectivity index (χ0n) is 13.9. The van der Waals surface area contributed by atoms with E-state index in [1.807, 2.05) is 6.07 Å². The number of anilines is 2. The number of pyridine rings is 1. The van der Waals surface area contributed by atoms with E-state index in [9.17, 15) is 4.79 Å². The van der Waals surface area contributed by atoms with Crippen molar-refractivity contribution in [3.05, 3.63) is 77.0 Å². The third kappa shape index (κ3) is 3.44. The van der Waals surface area contributed by atoms with E-state index in [1.165, 1.54) is 18.6 Å². The number of nitrogens with zero attached hydrogens (tertiary/aromatic N) is 2. The quantitative estimate of drug-likeness (QED) is 0.494. The molecule has 1 aromatic carbocycles. The fraction of sp³-hybridized carbons (Fsp3) is 0.0526. The maximum atomic E-state index is 12.4. The van der Waals surface area contributed by atoms with Crippen molar-refractivity contribution in [1.82, 2.24) is 4.98 Å². The van der Waals surface area contributed by atoms with Gasteiger partial charge in [0, 0.05) is 28.2 Å². The molecule has 0 spiro atoms. The first-order valence-electron chi connectivity index (χ1n) is 7.69. The second-order valence-corrected chi connectivity index (χ2v) is 5.64. The zero-order valence-corrected chi connectivity index (χ0v) is 13.9. The molecule has 7 heteroatoms. The van der Waals surface area contributed by atoms with Gasteiger partial charge < -0.3 is 15.5 Å². The second-order valence-electron chi connectivity index (χ2n) is 5.64. The molecule has 0 fully saturated rings. The minimum atomic E-state index is -0.448. The van der Waals surface area contributed by atoms with Gasteiger partial charge in [-0.05, 0) is 43.3 Å². The van der Waals surface area contributed by atoms with Crippen LogP contribution < -0.4 is 11.1 Å². The number of nitrogens with two attached hydrogens (primary N) is 1. The summed E-state index contributed by atoms with van der Waals surface area (Å²) in [7, 11) is 0. The van der Waals surface area contributed by atoms with Crippen LogP contribution in [0.4, 0.5) is 11.4 Å². The molecule has 0 aliphatic heterocycles. The van der Waals surface area contributed by atoms with E-state index in [2.05, 4.69) is 10.3 Å². The van der Waals surface area contributed by atoms with Gasteiger partial charge in [-0.3, -0.25) is 10.2 Å². The largest absolute Gasteiger partial charge is 0.472 e. The van der Waals surface area contributed by atoms with Crippen molar-refractivity contribution in [2.75, 3.05) is 11.1 Å². The summed E-state index contributed by atoms with van der Waals surface area (Å²) >= 11 is 0. The first-order chi connectivity index (χ1) is 12.5. The molecule has 3 rings (SSSR count). The molecule has 0 unspecified atom stereocenters. The lowest BCUT2D eigenvalue weighted by molar-refractivity contribution is 0.102. The highest BCUT2D eigenvalue weighted by molar-refractivity contribution is 6.14. The van der Waals surface area contributed by atoms with Gasteiger partial charge in [0.2, 0.25) is 0 Å². The van der Waals surface area contributed by atoms with Crippen LogP contribution in [0.3, 0.4) is 0 Å². The fourth-order valence-electron chi connectivity index (χ4n) is 2.46. The lowest BCUT2D eigenvalue weighted by atomic mass is 10.0. The molecule has 7 nitrogen and oxygen atoms in total. The van der Waals surface area contributed by atoms with Crippen LogP contribution in [0.5, 0.6) is 0 Å². The Labute approximate surface area is 149 Å². The van der Waals surface area contributed by atoms with E-state index < -0.39 is 5.91 Å². The predicted octanol–water partition coefficient (Wildman–Crippen LogP) is 3.11. The molecule has 0 bridgehead atoms. The summed E-state index contributed by atoms with van der Waals surface area (Å²) in [4.78, 5) is 16.6. The molecule has 26 heavy (non-hydrogen) atoms. The first kappa shape index (κ1) is 16.9. The van der Waals surface area contributed by atoms with Crippen molar-refractivity contribution in [3.8, 4) is 6.07 Å². The van der Waals surface area contributed by atoms with E-state index in [0.717, 1.165) is 0 Å². The SMILES string of the molecule is Cc1cc(C#N)cc(C(=O)Nc2ccc(N)c(C(=N)c3ccoc3)c2)n1. The van der Waals surface area contributed by atoms with Gasteiger partial charge in [-0.25, -0.2) is 4.98 Å². The predicted molar refractivity (Wildman–Crippen MR) is 97.1 cm³/mol. The van der Waals surface area contributed by atoms with Crippen LogP contribution in [0.15, 0.2) is 53.3 Å². The summed E-state index contributed by atoms with van der Waals surface area (Å²) in [5.41, 5.74) is 9.17. The third-order valence-corrected chi connectivity index (χ3v) is 3.71.